The molecule has 1 heterocycles. The van der Waals surface area contributed by atoms with Crippen molar-refractivity contribution >= 4 is 17.4 Å². The van der Waals surface area contributed by atoms with Crippen molar-refractivity contribution < 1.29 is 4.39 Å². The molecule has 0 aliphatic rings. The van der Waals surface area contributed by atoms with Crippen LogP contribution in [0, 0.1) is 18.2 Å². The number of anilines is 1. The second kappa shape index (κ2) is 4.83. The molecule has 0 amide bonds. The summed E-state index contributed by atoms with van der Waals surface area (Å²) in [6, 6.07) is 1.20. The van der Waals surface area contributed by atoms with Gasteiger partial charge in [-0.25, -0.2) is 9.37 Å². The molecular weight excluding hydrogens is 203 g/mol. The molecule has 0 bridgehead atoms. The number of hydrogen-bond acceptors (Lipinski definition) is 2. The molecule has 0 radical (unpaired) electrons. The average Bonchev–Trinajstić information content (AvgIpc) is 2.10. The summed E-state index contributed by atoms with van der Waals surface area (Å²) in [5.74, 6) is 2.19. The molecule has 2 nitrogen and oxygen atoms in total. The Morgan fingerprint density at radius 2 is 2.50 bits per heavy atom. The third kappa shape index (κ3) is 2.90. The average molecular weight is 213 g/mol. The summed E-state index contributed by atoms with van der Waals surface area (Å²) >= 11 is 5.55. The zero-order chi connectivity index (χ0) is 10.6. The number of hydrogen-bond donors (Lipinski definition) is 1. The fraction of sp³-hybridized carbons (Fsp3) is 0.300. The van der Waals surface area contributed by atoms with Crippen molar-refractivity contribution in [1.29, 1.82) is 0 Å². The minimum absolute atomic E-state index is 0.0109. The Kier molecular flexibility index (Phi) is 3.73. The normalized spacial score (nSPS) is 11.9. The van der Waals surface area contributed by atoms with Gasteiger partial charge in [-0.3, -0.25) is 0 Å². The van der Waals surface area contributed by atoms with Crippen LogP contribution in [0.15, 0.2) is 12.3 Å². The van der Waals surface area contributed by atoms with E-state index in [2.05, 4.69) is 16.2 Å². The Labute approximate surface area is 87.5 Å². The van der Waals surface area contributed by atoms with E-state index in [1.807, 2.05) is 6.92 Å². The molecule has 1 unspecified atom stereocenters. The van der Waals surface area contributed by atoms with Gasteiger partial charge in [0.15, 0.2) is 11.6 Å². The van der Waals surface area contributed by atoms with Gasteiger partial charge in [-0.2, -0.15) is 0 Å². The van der Waals surface area contributed by atoms with Gasteiger partial charge in [0.1, 0.15) is 0 Å². The lowest BCUT2D eigenvalue weighted by atomic mass is 10.2. The van der Waals surface area contributed by atoms with E-state index in [1.54, 1.807) is 0 Å². The highest BCUT2D eigenvalue weighted by atomic mass is 35.5. The maximum atomic E-state index is 13.2. The van der Waals surface area contributed by atoms with Crippen LogP contribution in [0.2, 0.25) is 5.02 Å². The first-order valence-electron chi connectivity index (χ1n) is 4.14. The van der Waals surface area contributed by atoms with Gasteiger partial charge in [-0.15, -0.1) is 12.3 Å². The monoisotopic (exact) mass is 212 g/mol. The Hall–Kier alpha value is -1.27. The standard InChI is InChI=1S/C10H10ClFN2/c1-3-4-7(2)14-10-9(12)5-8(11)6-13-10/h1,5-7H,4H2,2H3,(H,13,14). The van der Waals surface area contributed by atoms with E-state index in [4.69, 9.17) is 18.0 Å². The zero-order valence-corrected chi connectivity index (χ0v) is 8.48. The van der Waals surface area contributed by atoms with Gasteiger partial charge >= 0.3 is 0 Å². The van der Waals surface area contributed by atoms with Crippen LogP contribution < -0.4 is 5.32 Å². The molecule has 1 aromatic rings. The van der Waals surface area contributed by atoms with Crippen LogP contribution in [0.25, 0.3) is 0 Å². The number of halogens is 2. The molecule has 0 aliphatic carbocycles. The molecule has 1 atom stereocenters. The van der Waals surface area contributed by atoms with Crippen molar-refractivity contribution in [2.75, 3.05) is 5.32 Å². The zero-order valence-electron chi connectivity index (χ0n) is 7.72. The summed E-state index contributed by atoms with van der Waals surface area (Å²) in [5.41, 5.74) is 0. The van der Waals surface area contributed by atoms with Gasteiger partial charge in [0, 0.05) is 18.7 Å². The van der Waals surface area contributed by atoms with Gasteiger partial charge in [-0.05, 0) is 13.0 Å². The fourth-order valence-corrected chi connectivity index (χ4v) is 1.13. The van der Waals surface area contributed by atoms with Gasteiger partial charge in [-0.1, -0.05) is 11.6 Å². The first-order valence-corrected chi connectivity index (χ1v) is 4.52. The van der Waals surface area contributed by atoms with Gasteiger partial charge in [0.05, 0.1) is 5.02 Å². The summed E-state index contributed by atoms with van der Waals surface area (Å²) in [5, 5.41) is 3.13. The highest BCUT2D eigenvalue weighted by molar-refractivity contribution is 6.30. The second-order valence-electron chi connectivity index (χ2n) is 2.94. The summed E-state index contributed by atoms with van der Waals surface area (Å²) in [6.45, 7) is 1.86. The first-order chi connectivity index (χ1) is 6.63. The first kappa shape index (κ1) is 10.8. The second-order valence-corrected chi connectivity index (χ2v) is 3.37. The number of terminal acetylenes is 1. The predicted octanol–water partition coefficient (Wildman–Crippen LogP) is 2.70. The minimum atomic E-state index is -0.471. The third-order valence-corrected chi connectivity index (χ3v) is 1.82. The van der Waals surface area contributed by atoms with Crippen molar-refractivity contribution in [3.63, 3.8) is 0 Å². The molecule has 0 aromatic carbocycles. The molecule has 4 heteroatoms. The highest BCUT2D eigenvalue weighted by Gasteiger charge is 2.07. The topological polar surface area (TPSA) is 24.9 Å². The van der Waals surface area contributed by atoms with Crippen LogP contribution in [0.1, 0.15) is 13.3 Å². The van der Waals surface area contributed by atoms with E-state index in [1.165, 1.54) is 12.3 Å². The molecule has 1 aromatic heterocycles. The van der Waals surface area contributed by atoms with E-state index in [-0.39, 0.29) is 16.9 Å². The predicted molar refractivity (Wildman–Crippen MR) is 55.7 cm³/mol. The Morgan fingerprint density at radius 3 is 3.07 bits per heavy atom. The molecule has 0 fully saturated rings. The minimum Gasteiger partial charge on any atom is -0.364 e. The van der Waals surface area contributed by atoms with Crippen LogP contribution in [0.3, 0.4) is 0 Å². The van der Waals surface area contributed by atoms with Crippen molar-refractivity contribution in [3.8, 4) is 12.3 Å². The van der Waals surface area contributed by atoms with E-state index in [0.29, 0.717) is 6.42 Å². The van der Waals surface area contributed by atoms with Crippen LogP contribution in [-0.2, 0) is 0 Å². The summed E-state index contributed by atoms with van der Waals surface area (Å²) in [4.78, 5) is 3.81. The van der Waals surface area contributed by atoms with Crippen molar-refractivity contribution in [2.45, 2.75) is 19.4 Å². The van der Waals surface area contributed by atoms with E-state index in [9.17, 15) is 4.39 Å². The summed E-state index contributed by atoms with van der Waals surface area (Å²) < 4.78 is 13.2. The SMILES string of the molecule is C#CCC(C)Nc1ncc(Cl)cc1F. The molecule has 1 N–H and O–H groups in total. The van der Waals surface area contributed by atoms with Crippen molar-refractivity contribution in [2.24, 2.45) is 0 Å². The molecule has 0 aliphatic heterocycles. The molecule has 1 rings (SSSR count). The maximum absolute atomic E-state index is 13.2. The van der Waals surface area contributed by atoms with Crippen molar-refractivity contribution in [1.82, 2.24) is 4.98 Å². The number of nitrogens with one attached hydrogen (secondary N) is 1. The van der Waals surface area contributed by atoms with Gasteiger partial charge in [0.25, 0.3) is 0 Å². The van der Waals surface area contributed by atoms with Crippen LogP contribution in [0.4, 0.5) is 10.2 Å². The van der Waals surface area contributed by atoms with E-state index >= 15 is 0 Å². The number of pyridine rings is 1. The molecule has 0 saturated carbocycles. The summed E-state index contributed by atoms with van der Waals surface area (Å²) in [7, 11) is 0. The van der Waals surface area contributed by atoms with Gasteiger partial charge in [0.2, 0.25) is 0 Å². The molecule has 0 saturated heterocycles. The third-order valence-electron chi connectivity index (χ3n) is 1.61. The number of nitrogens with zero attached hydrogens (tertiary/aromatic N) is 1. The highest BCUT2D eigenvalue weighted by Crippen LogP contribution is 2.16. The maximum Gasteiger partial charge on any atom is 0.166 e. The fourth-order valence-electron chi connectivity index (χ4n) is 0.982. The quantitative estimate of drug-likeness (QED) is 0.780. The molecule has 74 valence electrons. The van der Waals surface area contributed by atoms with E-state index < -0.39 is 5.82 Å². The lowest BCUT2D eigenvalue weighted by Crippen LogP contribution is -2.16. The molecule has 0 spiro atoms. The van der Waals surface area contributed by atoms with Crippen LogP contribution in [0.5, 0.6) is 0 Å². The van der Waals surface area contributed by atoms with Crippen molar-refractivity contribution in [3.05, 3.63) is 23.1 Å². The number of rotatable bonds is 3. The lowest BCUT2D eigenvalue weighted by Gasteiger charge is -2.11. The Morgan fingerprint density at radius 1 is 1.79 bits per heavy atom. The Bertz CT molecular complexity index is 360. The Balaban J connectivity index is 2.73. The molecule has 14 heavy (non-hydrogen) atoms. The largest absolute Gasteiger partial charge is 0.364 e. The number of aromatic nitrogens is 1. The van der Waals surface area contributed by atoms with Gasteiger partial charge < -0.3 is 5.32 Å². The van der Waals surface area contributed by atoms with E-state index in [0.717, 1.165) is 0 Å². The smallest absolute Gasteiger partial charge is 0.166 e. The molecular formula is C10H10ClFN2. The lowest BCUT2D eigenvalue weighted by molar-refractivity contribution is 0.620. The van der Waals surface area contributed by atoms with Crippen LogP contribution >= 0.6 is 11.6 Å². The van der Waals surface area contributed by atoms with Crippen LogP contribution in [-0.4, -0.2) is 11.0 Å². The summed E-state index contributed by atoms with van der Waals surface area (Å²) in [6.07, 6.45) is 7.02.